The van der Waals surface area contributed by atoms with Gasteiger partial charge in [-0.25, -0.2) is 4.98 Å². The zero-order valence-corrected chi connectivity index (χ0v) is 15.1. The van der Waals surface area contributed by atoms with Crippen LogP contribution in [-0.2, 0) is 12.8 Å². The van der Waals surface area contributed by atoms with E-state index in [-0.39, 0.29) is 5.56 Å². The van der Waals surface area contributed by atoms with Gasteiger partial charge in [0.05, 0.1) is 11.0 Å². The van der Waals surface area contributed by atoms with E-state index in [1.54, 1.807) is 17.8 Å². The van der Waals surface area contributed by atoms with Crippen molar-refractivity contribution in [3.63, 3.8) is 0 Å². The minimum absolute atomic E-state index is 0.00316. The molecule has 0 atom stereocenters. The molecule has 0 spiro atoms. The Balaban J connectivity index is 1.72. The number of hydrogen-bond acceptors (Lipinski definition) is 5. The highest BCUT2D eigenvalue weighted by atomic mass is 35.5. The van der Waals surface area contributed by atoms with Gasteiger partial charge in [0.1, 0.15) is 4.70 Å². The van der Waals surface area contributed by atoms with Crippen LogP contribution in [0, 0.1) is 0 Å². The van der Waals surface area contributed by atoms with Gasteiger partial charge in [-0.05, 0) is 35.2 Å². The van der Waals surface area contributed by atoms with Crippen molar-refractivity contribution in [1.29, 1.82) is 0 Å². The van der Waals surface area contributed by atoms with Crippen molar-refractivity contribution in [2.75, 3.05) is 0 Å². The van der Waals surface area contributed by atoms with Gasteiger partial charge in [0.15, 0.2) is 5.16 Å². The number of fused-ring (bicyclic) bond motifs is 2. The minimum atomic E-state index is -0.00316. The van der Waals surface area contributed by atoms with Crippen LogP contribution in [0.5, 0.6) is 0 Å². The average Bonchev–Trinajstić information content (AvgIpc) is 3.07. The second-order valence-electron chi connectivity index (χ2n) is 5.29. The zero-order chi connectivity index (χ0) is 16.7. The first kappa shape index (κ1) is 15.6. The van der Waals surface area contributed by atoms with Crippen LogP contribution in [0.15, 0.2) is 51.9 Å². The van der Waals surface area contributed by atoms with Crippen molar-refractivity contribution in [2.45, 2.75) is 10.9 Å². The normalized spacial score (nSPS) is 11.4. The summed E-state index contributed by atoms with van der Waals surface area (Å²) in [7, 11) is 1.76. The molecule has 0 amide bonds. The molecule has 1 aromatic carbocycles. The Labute approximate surface area is 151 Å². The molecule has 0 N–H and O–H groups in total. The Bertz CT molecular complexity index is 1120. The van der Waals surface area contributed by atoms with Gasteiger partial charge in [-0.15, -0.1) is 11.3 Å². The highest BCUT2D eigenvalue weighted by molar-refractivity contribution is 7.98. The van der Waals surface area contributed by atoms with Gasteiger partial charge >= 0.3 is 0 Å². The maximum atomic E-state index is 12.4. The third kappa shape index (κ3) is 2.60. The minimum Gasteiger partial charge on any atom is -0.290 e. The van der Waals surface area contributed by atoms with Crippen LogP contribution < -0.4 is 5.56 Å². The van der Waals surface area contributed by atoms with E-state index in [1.165, 1.54) is 23.1 Å². The smallest absolute Gasteiger partial charge is 0.271 e. The number of benzene rings is 1. The Morgan fingerprint density at radius 2 is 2.17 bits per heavy atom. The van der Waals surface area contributed by atoms with Crippen molar-refractivity contribution >= 4 is 55.8 Å². The van der Waals surface area contributed by atoms with Crippen LogP contribution in [0.4, 0.5) is 0 Å². The Morgan fingerprint density at radius 1 is 1.29 bits per heavy atom. The Hall–Kier alpha value is -1.89. The molecule has 0 aliphatic rings. The third-order valence-electron chi connectivity index (χ3n) is 3.80. The molecule has 120 valence electrons. The van der Waals surface area contributed by atoms with Crippen LogP contribution in [0.25, 0.3) is 21.1 Å². The summed E-state index contributed by atoms with van der Waals surface area (Å²) in [6.07, 6.45) is 1.76. The molecular formula is C17H12ClN3OS2. The van der Waals surface area contributed by atoms with Gasteiger partial charge in [0.25, 0.3) is 5.56 Å². The number of thiophene rings is 1. The van der Waals surface area contributed by atoms with Crippen LogP contribution in [-0.4, -0.2) is 14.5 Å². The Kier molecular flexibility index (Phi) is 4.04. The lowest BCUT2D eigenvalue weighted by molar-refractivity contribution is 0.728. The molecule has 4 aromatic rings. The maximum absolute atomic E-state index is 12.4. The number of rotatable bonds is 3. The first-order valence-electron chi connectivity index (χ1n) is 7.24. The van der Waals surface area contributed by atoms with Crippen LogP contribution in [0.3, 0.4) is 0 Å². The topological polar surface area (TPSA) is 47.8 Å². The van der Waals surface area contributed by atoms with E-state index in [1.807, 2.05) is 35.7 Å². The van der Waals surface area contributed by atoms with Gasteiger partial charge in [-0.1, -0.05) is 29.4 Å². The quantitative estimate of drug-likeness (QED) is 0.392. The molecule has 3 heterocycles. The summed E-state index contributed by atoms with van der Waals surface area (Å²) in [5.74, 6) is 0.667. The lowest BCUT2D eigenvalue weighted by atomic mass is 10.1. The molecule has 4 nitrogen and oxygen atoms in total. The lowest BCUT2D eigenvalue weighted by Crippen LogP contribution is -2.18. The monoisotopic (exact) mass is 373 g/mol. The largest absolute Gasteiger partial charge is 0.290 e. The SMILES string of the molecule is Cn1c(SCc2ccc(Cl)c3cccnc23)nc2ccsc2c1=O. The molecule has 0 saturated carbocycles. The summed E-state index contributed by atoms with van der Waals surface area (Å²) in [6, 6.07) is 9.58. The van der Waals surface area contributed by atoms with Crippen LogP contribution >= 0.6 is 34.7 Å². The molecule has 7 heteroatoms. The van der Waals surface area contributed by atoms with Crippen molar-refractivity contribution in [2.24, 2.45) is 7.05 Å². The Morgan fingerprint density at radius 3 is 3.04 bits per heavy atom. The number of pyridine rings is 1. The van der Waals surface area contributed by atoms with Crippen LogP contribution in [0.1, 0.15) is 5.56 Å². The first-order valence-corrected chi connectivity index (χ1v) is 9.48. The van der Waals surface area contributed by atoms with Gasteiger partial charge < -0.3 is 0 Å². The standard InChI is InChI=1S/C17H12ClN3OS2/c1-21-16(22)15-13(6-8-23-15)20-17(21)24-9-10-4-5-12(18)11-3-2-7-19-14(10)11/h2-8H,9H2,1H3. The van der Waals surface area contributed by atoms with E-state index < -0.39 is 0 Å². The number of aromatic nitrogens is 3. The van der Waals surface area contributed by atoms with E-state index >= 15 is 0 Å². The maximum Gasteiger partial charge on any atom is 0.271 e. The van der Waals surface area contributed by atoms with Crippen molar-refractivity contribution in [3.05, 3.63) is 62.8 Å². The van der Waals surface area contributed by atoms with E-state index in [0.29, 0.717) is 20.6 Å². The van der Waals surface area contributed by atoms with Crippen molar-refractivity contribution in [3.8, 4) is 0 Å². The average molecular weight is 374 g/mol. The predicted octanol–water partition coefficient (Wildman–Crippen LogP) is 4.49. The lowest BCUT2D eigenvalue weighted by Gasteiger charge is -2.09. The summed E-state index contributed by atoms with van der Waals surface area (Å²) in [4.78, 5) is 21.4. The highest BCUT2D eigenvalue weighted by Gasteiger charge is 2.11. The molecule has 0 fully saturated rings. The first-order chi connectivity index (χ1) is 11.6. The summed E-state index contributed by atoms with van der Waals surface area (Å²) in [6.45, 7) is 0. The van der Waals surface area contributed by atoms with E-state index in [9.17, 15) is 4.79 Å². The van der Waals surface area contributed by atoms with Gasteiger partial charge in [0, 0.05) is 29.4 Å². The molecule has 0 aliphatic carbocycles. The highest BCUT2D eigenvalue weighted by Crippen LogP contribution is 2.29. The molecule has 0 unspecified atom stereocenters. The predicted molar refractivity (Wildman–Crippen MR) is 101 cm³/mol. The second kappa shape index (κ2) is 6.20. The second-order valence-corrected chi connectivity index (χ2v) is 7.55. The van der Waals surface area contributed by atoms with Gasteiger partial charge in [0.2, 0.25) is 0 Å². The molecule has 24 heavy (non-hydrogen) atoms. The number of nitrogens with zero attached hydrogens (tertiary/aromatic N) is 3. The van der Waals surface area contributed by atoms with Gasteiger partial charge in [-0.3, -0.25) is 14.3 Å². The molecule has 0 saturated heterocycles. The molecule has 3 aromatic heterocycles. The van der Waals surface area contributed by atoms with E-state index in [2.05, 4.69) is 9.97 Å². The number of hydrogen-bond donors (Lipinski definition) is 0. The zero-order valence-electron chi connectivity index (χ0n) is 12.7. The van der Waals surface area contributed by atoms with E-state index in [4.69, 9.17) is 11.6 Å². The fraction of sp³-hybridized carbons (Fsp3) is 0.118. The van der Waals surface area contributed by atoms with Gasteiger partial charge in [-0.2, -0.15) is 0 Å². The number of halogens is 1. The summed E-state index contributed by atoms with van der Waals surface area (Å²) in [5, 5.41) is 4.22. The number of thioether (sulfide) groups is 1. The summed E-state index contributed by atoms with van der Waals surface area (Å²) < 4.78 is 2.30. The van der Waals surface area contributed by atoms with E-state index in [0.717, 1.165) is 22.0 Å². The fourth-order valence-electron chi connectivity index (χ4n) is 2.55. The molecule has 0 aliphatic heterocycles. The molecule has 0 radical (unpaired) electrons. The van der Waals surface area contributed by atoms with Crippen molar-refractivity contribution < 1.29 is 0 Å². The van der Waals surface area contributed by atoms with Crippen LogP contribution in [0.2, 0.25) is 5.02 Å². The molecule has 0 bridgehead atoms. The fourth-order valence-corrected chi connectivity index (χ4v) is 4.53. The molecular weight excluding hydrogens is 362 g/mol. The molecule has 4 rings (SSSR count). The third-order valence-corrected chi connectivity index (χ3v) is 6.10. The van der Waals surface area contributed by atoms with Crippen molar-refractivity contribution in [1.82, 2.24) is 14.5 Å². The summed E-state index contributed by atoms with van der Waals surface area (Å²) >= 11 is 9.19. The summed E-state index contributed by atoms with van der Waals surface area (Å²) in [5.41, 5.74) is 2.71.